The highest BCUT2D eigenvalue weighted by Gasteiger charge is 2.36. The Balaban J connectivity index is 1.68. The van der Waals surface area contributed by atoms with Crippen molar-refractivity contribution in [2.75, 3.05) is 11.4 Å². The molecular formula is C28H29Cl2N3O3. The molecule has 1 unspecified atom stereocenters. The molecule has 36 heavy (non-hydrogen) atoms. The van der Waals surface area contributed by atoms with Gasteiger partial charge in [-0.1, -0.05) is 60.5 Å². The zero-order valence-corrected chi connectivity index (χ0v) is 22.3. The van der Waals surface area contributed by atoms with Gasteiger partial charge in [-0.05, 0) is 62.4 Å². The van der Waals surface area contributed by atoms with Crippen LogP contribution in [0.25, 0.3) is 10.8 Å². The number of carbonyl (C=O) groups excluding carboxylic acids is 3. The van der Waals surface area contributed by atoms with Gasteiger partial charge in [-0.15, -0.1) is 0 Å². The lowest BCUT2D eigenvalue weighted by Gasteiger charge is -2.34. The number of nitrogens with one attached hydrogen (secondary N) is 1. The fraction of sp³-hybridized carbons (Fsp3) is 0.321. The van der Waals surface area contributed by atoms with E-state index in [1.54, 1.807) is 24.3 Å². The molecule has 188 valence electrons. The first-order valence-electron chi connectivity index (χ1n) is 11.9. The maximum absolute atomic E-state index is 13.9. The third-order valence-corrected chi connectivity index (χ3v) is 6.77. The molecule has 0 saturated heterocycles. The van der Waals surface area contributed by atoms with Gasteiger partial charge in [0.25, 0.3) is 5.91 Å². The first-order chi connectivity index (χ1) is 17.0. The molecule has 1 atom stereocenters. The minimum absolute atomic E-state index is 0.101. The quantitative estimate of drug-likeness (QED) is 0.421. The molecular weight excluding hydrogens is 497 g/mol. The number of hydrogen-bond donors (Lipinski definition) is 1. The normalized spacial score (nSPS) is 13.7. The van der Waals surface area contributed by atoms with Gasteiger partial charge < -0.3 is 10.2 Å². The topological polar surface area (TPSA) is 69.7 Å². The number of rotatable bonds is 7. The molecule has 0 bridgehead atoms. The summed E-state index contributed by atoms with van der Waals surface area (Å²) >= 11 is 12.5. The minimum atomic E-state index is -0.751. The van der Waals surface area contributed by atoms with Gasteiger partial charge >= 0.3 is 0 Å². The fourth-order valence-electron chi connectivity index (χ4n) is 4.57. The van der Waals surface area contributed by atoms with Crippen LogP contribution in [0.3, 0.4) is 0 Å². The molecule has 6 nitrogen and oxygen atoms in total. The van der Waals surface area contributed by atoms with Crippen LogP contribution in [-0.2, 0) is 16.1 Å². The maximum atomic E-state index is 13.9. The Morgan fingerprint density at radius 3 is 2.39 bits per heavy atom. The van der Waals surface area contributed by atoms with Gasteiger partial charge in [0.05, 0.1) is 5.69 Å². The van der Waals surface area contributed by atoms with Gasteiger partial charge in [0.15, 0.2) is 0 Å². The molecule has 3 amide bonds. The van der Waals surface area contributed by atoms with E-state index in [0.717, 1.165) is 10.8 Å². The predicted molar refractivity (Wildman–Crippen MR) is 145 cm³/mol. The first kappa shape index (κ1) is 26.0. The lowest BCUT2D eigenvalue weighted by molar-refractivity contribution is -0.141. The molecule has 0 fully saturated rings. The molecule has 0 spiro atoms. The van der Waals surface area contributed by atoms with Crippen LogP contribution in [0.2, 0.25) is 10.0 Å². The van der Waals surface area contributed by atoms with E-state index in [2.05, 4.69) is 5.32 Å². The van der Waals surface area contributed by atoms with Crippen molar-refractivity contribution in [1.29, 1.82) is 0 Å². The largest absolute Gasteiger partial charge is 0.350 e. The van der Waals surface area contributed by atoms with Crippen LogP contribution in [0.4, 0.5) is 5.69 Å². The number of halogens is 2. The summed E-state index contributed by atoms with van der Waals surface area (Å²) in [5, 5.41) is 5.64. The van der Waals surface area contributed by atoms with Crippen molar-refractivity contribution < 1.29 is 14.4 Å². The number of carbonyl (C=O) groups is 3. The van der Waals surface area contributed by atoms with Gasteiger partial charge in [-0.2, -0.15) is 0 Å². The SMILES string of the molecule is CCC(C(=O)NC(C)(C)C)N(Cc1ccc(Cl)cc1Cl)C(=O)CN1C(=O)c2cccc3cccc1c23. The third-order valence-electron chi connectivity index (χ3n) is 6.18. The smallest absolute Gasteiger partial charge is 0.259 e. The molecule has 1 N–H and O–H groups in total. The third kappa shape index (κ3) is 5.20. The zero-order valence-electron chi connectivity index (χ0n) is 20.8. The van der Waals surface area contributed by atoms with E-state index in [-0.39, 0.29) is 30.8 Å². The number of benzene rings is 3. The Labute approximate surface area is 221 Å². The average molecular weight is 526 g/mol. The van der Waals surface area contributed by atoms with E-state index >= 15 is 0 Å². The minimum Gasteiger partial charge on any atom is -0.350 e. The van der Waals surface area contributed by atoms with Crippen LogP contribution in [-0.4, -0.2) is 40.7 Å². The van der Waals surface area contributed by atoms with E-state index in [4.69, 9.17) is 23.2 Å². The number of anilines is 1. The van der Waals surface area contributed by atoms with Crippen LogP contribution < -0.4 is 10.2 Å². The predicted octanol–water partition coefficient (Wildman–Crippen LogP) is 5.83. The van der Waals surface area contributed by atoms with E-state index in [0.29, 0.717) is 33.3 Å². The van der Waals surface area contributed by atoms with Crippen molar-refractivity contribution >= 4 is 57.4 Å². The highest BCUT2D eigenvalue weighted by Crippen LogP contribution is 2.37. The molecule has 0 radical (unpaired) electrons. The average Bonchev–Trinajstić information content (AvgIpc) is 3.07. The van der Waals surface area contributed by atoms with E-state index in [1.807, 2.05) is 58.0 Å². The first-order valence-corrected chi connectivity index (χ1v) is 12.6. The lowest BCUT2D eigenvalue weighted by Crippen LogP contribution is -2.55. The molecule has 0 aliphatic carbocycles. The summed E-state index contributed by atoms with van der Waals surface area (Å²) < 4.78 is 0. The van der Waals surface area contributed by atoms with Crippen molar-refractivity contribution in [3.8, 4) is 0 Å². The molecule has 8 heteroatoms. The molecule has 4 rings (SSSR count). The Kier molecular flexibility index (Phi) is 7.30. The Morgan fingerprint density at radius 1 is 1.06 bits per heavy atom. The maximum Gasteiger partial charge on any atom is 0.259 e. The Morgan fingerprint density at radius 2 is 1.75 bits per heavy atom. The van der Waals surface area contributed by atoms with E-state index < -0.39 is 11.6 Å². The van der Waals surface area contributed by atoms with Gasteiger partial charge in [-0.25, -0.2) is 0 Å². The second-order valence-electron chi connectivity index (χ2n) is 9.99. The summed E-state index contributed by atoms with van der Waals surface area (Å²) in [6, 6.07) is 15.5. The summed E-state index contributed by atoms with van der Waals surface area (Å²) in [6.45, 7) is 7.43. The standard InChI is InChI=1S/C28H29Cl2N3O3/c1-5-22(26(35)31-28(2,3)4)32(15-18-12-13-19(29)14-21(18)30)24(34)16-33-23-11-7-9-17-8-6-10-20(25(17)23)27(33)36/h6-14,22H,5,15-16H2,1-4H3,(H,31,35). The Hall–Kier alpha value is -3.09. The fourth-order valence-corrected chi connectivity index (χ4v) is 5.04. The second-order valence-corrected chi connectivity index (χ2v) is 10.8. The van der Waals surface area contributed by atoms with Crippen molar-refractivity contribution in [1.82, 2.24) is 10.2 Å². The van der Waals surface area contributed by atoms with E-state index in [1.165, 1.54) is 9.80 Å². The van der Waals surface area contributed by atoms with Gasteiger partial charge in [0.1, 0.15) is 12.6 Å². The van der Waals surface area contributed by atoms with Crippen molar-refractivity contribution in [3.05, 3.63) is 75.8 Å². The molecule has 3 aromatic rings. The summed E-state index contributed by atoms with van der Waals surface area (Å²) in [4.78, 5) is 43.4. The number of amides is 3. The van der Waals surface area contributed by atoms with Gasteiger partial charge in [-0.3, -0.25) is 19.3 Å². The van der Waals surface area contributed by atoms with E-state index in [9.17, 15) is 14.4 Å². The van der Waals surface area contributed by atoms with Crippen molar-refractivity contribution in [2.45, 2.75) is 52.2 Å². The van der Waals surface area contributed by atoms with Crippen LogP contribution in [0.15, 0.2) is 54.6 Å². The summed E-state index contributed by atoms with van der Waals surface area (Å²) in [5.41, 5.74) is 1.45. The summed E-state index contributed by atoms with van der Waals surface area (Å²) in [6.07, 6.45) is 0.391. The Bertz CT molecular complexity index is 1340. The van der Waals surface area contributed by atoms with Crippen LogP contribution in [0.1, 0.15) is 50.0 Å². The van der Waals surface area contributed by atoms with Crippen LogP contribution >= 0.6 is 23.2 Å². The van der Waals surface area contributed by atoms with Crippen molar-refractivity contribution in [3.63, 3.8) is 0 Å². The molecule has 1 heterocycles. The number of nitrogens with zero attached hydrogens (tertiary/aromatic N) is 2. The molecule has 0 aromatic heterocycles. The molecule has 0 saturated carbocycles. The molecule has 3 aromatic carbocycles. The molecule has 1 aliphatic rings. The highest BCUT2D eigenvalue weighted by atomic mass is 35.5. The van der Waals surface area contributed by atoms with Gasteiger partial charge in [0, 0.05) is 33.1 Å². The lowest BCUT2D eigenvalue weighted by atomic mass is 10.1. The molecule has 1 aliphatic heterocycles. The number of hydrogen-bond acceptors (Lipinski definition) is 3. The van der Waals surface area contributed by atoms with Crippen LogP contribution in [0.5, 0.6) is 0 Å². The highest BCUT2D eigenvalue weighted by molar-refractivity contribution is 6.35. The zero-order chi connectivity index (χ0) is 26.2. The van der Waals surface area contributed by atoms with Gasteiger partial charge in [0.2, 0.25) is 11.8 Å². The van der Waals surface area contributed by atoms with Crippen LogP contribution in [0, 0.1) is 0 Å². The monoisotopic (exact) mass is 525 g/mol. The summed E-state index contributed by atoms with van der Waals surface area (Å²) in [5.74, 6) is -0.844. The second kappa shape index (κ2) is 10.1. The van der Waals surface area contributed by atoms with Crippen molar-refractivity contribution in [2.24, 2.45) is 0 Å². The summed E-state index contributed by atoms with van der Waals surface area (Å²) in [7, 11) is 0.